The van der Waals surface area contributed by atoms with Crippen LogP contribution in [0.1, 0.15) is 26.5 Å². The minimum atomic E-state index is -0.852. The minimum Gasteiger partial charge on any atom is -0.444 e. The Morgan fingerprint density at radius 2 is 1.94 bits per heavy atom. The van der Waals surface area contributed by atoms with E-state index in [4.69, 9.17) is 9.84 Å². The Kier molecular flexibility index (Phi) is 3.92. The lowest BCUT2D eigenvalue weighted by atomic mass is 10.2. The summed E-state index contributed by atoms with van der Waals surface area (Å²) >= 11 is 0. The number of amides is 1. The number of nitrogens with one attached hydrogen (secondary N) is 3. The lowest BCUT2D eigenvalue weighted by Gasteiger charge is -2.19. The number of aromatic nitrogens is 2. The Morgan fingerprint density at radius 3 is 2.44 bits per heavy atom. The first-order chi connectivity index (χ1) is 8.23. The molecule has 1 aromatic heterocycles. The van der Waals surface area contributed by atoms with Crippen LogP contribution in [0.5, 0.6) is 0 Å². The number of ether oxygens (including phenoxy) is 1. The molecule has 4 N–H and O–H groups in total. The molecule has 0 radical (unpaired) electrons. The van der Waals surface area contributed by atoms with Gasteiger partial charge in [-0.3, -0.25) is 15.1 Å². The molecule has 100 valence electrons. The molecular weight excluding hydrogens is 242 g/mol. The minimum absolute atomic E-state index is 0.0883. The highest BCUT2D eigenvalue weighted by atomic mass is 16.6. The van der Waals surface area contributed by atoms with Crippen molar-refractivity contribution in [1.29, 1.82) is 0 Å². The van der Waals surface area contributed by atoms with E-state index in [1.807, 2.05) is 4.98 Å². The van der Waals surface area contributed by atoms with E-state index in [2.05, 4.69) is 10.3 Å². The maximum Gasteiger partial charge on any atom is 0.412 e. The molecule has 0 aromatic carbocycles. The summed E-state index contributed by atoms with van der Waals surface area (Å²) in [7, 11) is 0. The first-order valence-electron chi connectivity index (χ1n) is 5.19. The van der Waals surface area contributed by atoms with Gasteiger partial charge in [0.1, 0.15) is 11.3 Å². The highest BCUT2D eigenvalue weighted by molar-refractivity contribution is 5.85. The second-order valence-corrected chi connectivity index (χ2v) is 4.55. The zero-order valence-corrected chi connectivity index (χ0v) is 10.3. The highest BCUT2D eigenvalue weighted by Gasteiger charge is 2.19. The lowest BCUT2D eigenvalue weighted by molar-refractivity contribution is 0.0635. The number of aromatic amines is 2. The number of rotatable bonds is 2. The fourth-order valence-corrected chi connectivity index (χ4v) is 1.19. The van der Waals surface area contributed by atoms with Crippen LogP contribution in [-0.4, -0.2) is 26.8 Å². The van der Waals surface area contributed by atoms with Gasteiger partial charge in [0.2, 0.25) is 0 Å². The molecule has 1 amide bonds. The molecule has 8 nitrogen and oxygen atoms in total. The van der Waals surface area contributed by atoms with Gasteiger partial charge >= 0.3 is 11.8 Å². The van der Waals surface area contributed by atoms with E-state index in [1.165, 1.54) is 0 Å². The van der Waals surface area contributed by atoms with Crippen molar-refractivity contribution in [2.75, 3.05) is 5.32 Å². The molecule has 0 saturated carbocycles. The van der Waals surface area contributed by atoms with E-state index in [9.17, 15) is 14.4 Å². The lowest BCUT2D eigenvalue weighted by Crippen LogP contribution is -2.32. The van der Waals surface area contributed by atoms with E-state index in [0.29, 0.717) is 0 Å². The first kappa shape index (κ1) is 14.0. The predicted octanol–water partition coefficient (Wildman–Crippen LogP) is -0.0975. The third-order valence-corrected chi connectivity index (χ3v) is 1.80. The van der Waals surface area contributed by atoms with Gasteiger partial charge in [-0.25, -0.2) is 9.59 Å². The van der Waals surface area contributed by atoms with Crippen LogP contribution in [0, 0.1) is 0 Å². The van der Waals surface area contributed by atoms with Gasteiger partial charge in [-0.05, 0) is 20.8 Å². The van der Waals surface area contributed by atoms with Crippen LogP contribution < -0.4 is 16.6 Å². The van der Waals surface area contributed by atoms with Gasteiger partial charge in [-0.15, -0.1) is 0 Å². The summed E-state index contributed by atoms with van der Waals surface area (Å²) in [4.78, 5) is 38.0. The number of hydrogen-bond donors (Lipinski definition) is 4. The average Bonchev–Trinajstić information content (AvgIpc) is 2.18. The van der Waals surface area contributed by atoms with E-state index >= 15 is 0 Å². The third kappa shape index (κ3) is 3.74. The molecule has 1 heterocycles. The number of aliphatic hydroxyl groups is 1. The molecule has 0 aliphatic heterocycles. The van der Waals surface area contributed by atoms with Crippen molar-refractivity contribution in [2.24, 2.45) is 0 Å². The molecule has 8 heteroatoms. The zero-order chi connectivity index (χ0) is 13.9. The van der Waals surface area contributed by atoms with Crippen LogP contribution >= 0.6 is 0 Å². The summed E-state index contributed by atoms with van der Waals surface area (Å²) in [6.45, 7) is 4.40. The van der Waals surface area contributed by atoms with Gasteiger partial charge in [0.25, 0.3) is 5.56 Å². The number of anilines is 1. The van der Waals surface area contributed by atoms with Crippen molar-refractivity contribution in [1.82, 2.24) is 9.97 Å². The zero-order valence-electron chi connectivity index (χ0n) is 10.3. The standard InChI is InChI=1S/C10H15N3O5/c1-10(2,3)18-9(17)12-6-5(4-14)11-8(16)13-7(6)15/h14H,4H2,1-3H3,(H,12,17)(H2,11,13,15,16). The maximum absolute atomic E-state index is 11.5. The molecule has 0 saturated heterocycles. The fraction of sp³-hybridized carbons (Fsp3) is 0.500. The fourth-order valence-electron chi connectivity index (χ4n) is 1.19. The topological polar surface area (TPSA) is 124 Å². The van der Waals surface area contributed by atoms with E-state index in [1.54, 1.807) is 20.8 Å². The second-order valence-electron chi connectivity index (χ2n) is 4.55. The smallest absolute Gasteiger partial charge is 0.412 e. The summed E-state index contributed by atoms with van der Waals surface area (Å²) in [5.74, 6) is 0. The van der Waals surface area contributed by atoms with E-state index in [-0.39, 0.29) is 11.4 Å². The Balaban J connectivity index is 3.01. The van der Waals surface area contributed by atoms with Crippen molar-refractivity contribution < 1.29 is 14.6 Å². The molecule has 0 aliphatic rings. The van der Waals surface area contributed by atoms with Gasteiger partial charge in [0.05, 0.1) is 12.3 Å². The van der Waals surface area contributed by atoms with Crippen LogP contribution in [0.25, 0.3) is 0 Å². The molecule has 18 heavy (non-hydrogen) atoms. The van der Waals surface area contributed by atoms with Gasteiger partial charge < -0.3 is 14.8 Å². The normalized spacial score (nSPS) is 11.1. The molecule has 1 aromatic rings. The SMILES string of the molecule is CC(C)(C)OC(=O)Nc1c(CO)[nH]c(=O)[nH]c1=O. The van der Waals surface area contributed by atoms with Gasteiger partial charge in [-0.2, -0.15) is 0 Å². The molecular formula is C10H15N3O5. The van der Waals surface area contributed by atoms with Crippen LogP contribution in [0.15, 0.2) is 9.59 Å². The summed E-state index contributed by atoms with van der Waals surface area (Å²) in [5.41, 5.74) is -2.63. The highest BCUT2D eigenvalue weighted by Crippen LogP contribution is 2.10. The van der Waals surface area contributed by atoms with Crippen molar-refractivity contribution in [3.8, 4) is 0 Å². The van der Waals surface area contributed by atoms with Crippen LogP contribution in [0.3, 0.4) is 0 Å². The third-order valence-electron chi connectivity index (χ3n) is 1.80. The number of aliphatic hydroxyl groups excluding tert-OH is 1. The maximum atomic E-state index is 11.5. The van der Waals surface area contributed by atoms with Crippen molar-refractivity contribution in [3.63, 3.8) is 0 Å². The molecule has 0 spiro atoms. The Morgan fingerprint density at radius 1 is 1.33 bits per heavy atom. The molecule has 0 bridgehead atoms. The Hall–Kier alpha value is -2.09. The summed E-state index contributed by atoms with van der Waals surface area (Å²) in [6, 6.07) is 0. The molecule has 1 rings (SSSR count). The van der Waals surface area contributed by atoms with E-state index in [0.717, 1.165) is 0 Å². The monoisotopic (exact) mass is 257 g/mol. The molecule has 0 aliphatic carbocycles. The summed E-state index contributed by atoms with van der Waals surface area (Å²) in [5, 5.41) is 11.2. The number of hydrogen-bond acceptors (Lipinski definition) is 5. The summed E-state index contributed by atoms with van der Waals surface area (Å²) < 4.78 is 4.95. The Bertz CT molecular complexity index is 552. The predicted molar refractivity (Wildman–Crippen MR) is 63.5 cm³/mol. The molecule has 0 fully saturated rings. The van der Waals surface area contributed by atoms with Crippen molar-refractivity contribution in [2.45, 2.75) is 33.0 Å². The largest absolute Gasteiger partial charge is 0.444 e. The van der Waals surface area contributed by atoms with Gasteiger partial charge in [0, 0.05) is 0 Å². The second kappa shape index (κ2) is 5.05. The Labute approximate surface area is 102 Å². The quantitative estimate of drug-likeness (QED) is 0.589. The van der Waals surface area contributed by atoms with Crippen LogP contribution in [0.4, 0.5) is 10.5 Å². The number of carbonyl (C=O) groups is 1. The summed E-state index contributed by atoms with van der Waals surface area (Å²) in [6.07, 6.45) is -0.852. The van der Waals surface area contributed by atoms with Gasteiger partial charge in [0.15, 0.2) is 0 Å². The number of H-pyrrole nitrogens is 2. The van der Waals surface area contributed by atoms with Crippen molar-refractivity contribution in [3.05, 3.63) is 26.5 Å². The van der Waals surface area contributed by atoms with Gasteiger partial charge in [-0.1, -0.05) is 0 Å². The molecule has 0 unspecified atom stereocenters. The average molecular weight is 257 g/mol. The number of carbonyl (C=O) groups excluding carboxylic acids is 1. The van der Waals surface area contributed by atoms with Crippen LogP contribution in [-0.2, 0) is 11.3 Å². The van der Waals surface area contributed by atoms with Crippen LogP contribution in [0.2, 0.25) is 0 Å². The first-order valence-corrected chi connectivity index (χ1v) is 5.19. The van der Waals surface area contributed by atoms with Crippen molar-refractivity contribution >= 4 is 11.8 Å². The van der Waals surface area contributed by atoms with E-state index < -0.39 is 29.6 Å². The molecule has 0 atom stereocenters.